The number of nitrogens with zero attached hydrogens (tertiary/aromatic N) is 1. The van der Waals surface area contributed by atoms with Crippen molar-refractivity contribution in [2.45, 2.75) is 50.7 Å². The van der Waals surface area contributed by atoms with Crippen LogP contribution in [0.5, 0.6) is 11.5 Å². The van der Waals surface area contributed by atoms with Crippen molar-refractivity contribution < 1.29 is 19.4 Å². The van der Waals surface area contributed by atoms with E-state index in [0.717, 1.165) is 40.8 Å². The molecule has 4 rings (SSSR count). The Balaban J connectivity index is 1.61. The van der Waals surface area contributed by atoms with E-state index in [1.54, 1.807) is 0 Å². The van der Waals surface area contributed by atoms with Gasteiger partial charge in [-0.15, -0.1) is 0 Å². The zero-order chi connectivity index (χ0) is 16.7. The Morgan fingerprint density at radius 2 is 1.92 bits per heavy atom. The van der Waals surface area contributed by atoms with Gasteiger partial charge >= 0.3 is 5.97 Å². The van der Waals surface area contributed by atoms with Gasteiger partial charge in [0, 0.05) is 17.1 Å². The number of hydrogen-bond donors (Lipinski definition) is 1. The van der Waals surface area contributed by atoms with E-state index < -0.39 is 5.97 Å². The molecule has 0 amide bonds. The Bertz CT molecular complexity index is 650. The summed E-state index contributed by atoms with van der Waals surface area (Å²) in [4.78, 5) is 14.0. The molecular weight excluding hydrogens is 374 g/mol. The Morgan fingerprint density at radius 3 is 2.67 bits per heavy atom. The maximum absolute atomic E-state index is 11.8. The molecule has 24 heavy (non-hydrogen) atoms. The van der Waals surface area contributed by atoms with E-state index in [1.165, 1.54) is 12.8 Å². The molecule has 1 aromatic rings. The number of carbonyl (C=O) groups is 1. The lowest BCUT2D eigenvalue weighted by Crippen LogP contribution is -2.41. The van der Waals surface area contributed by atoms with Crippen LogP contribution in [0.1, 0.15) is 37.7 Å². The second-order valence-corrected chi connectivity index (χ2v) is 7.82. The predicted molar refractivity (Wildman–Crippen MR) is 92.5 cm³/mol. The number of aliphatic carboxylic acids is 1. The lowest BCUT2D eigenvalue weighted by molar-refractivity contribution is -0.142. The number of carboxylic acid groups (broad SMARTS) is 1. The fourth-order valence-corrected chi connectivity index (χ4v) is 4.89. The Kier molecular flexibility index (Phi) is 4.43. The predicted octanol–water partition coefficient (Wildman–Crippen LogP) is 3.44. The van der Waals surface area contributed by atoms with Crippen LogP contribution in [0.3, 0.4) is 0 Å². The molecule has 1 aromatic carbocycles. The third-order valence-corrected chi connectivity index (χ3v) is 6.31. The van der Waals surface area contributed by atoms with E-state index >= 15 is 0 Å². The second kappa shape index (κ2) is 6.56. The highest BCUT2D eigenvalue weighted by Crippen LogP contribution is 2.42. The van der Waals surface area contributed by atoms with Crippen LogP contribution >= 0.6 is 15.9 Å². The van der Waals surface area contributed by atoms with Gasteiger partial charge in [0.05, 0.1) is 0 Å². The molecule has 1 saturated heterocycles. The first-order valence-corrected chi connectivity index (χ1v) is 9.49. The van der Waals surface area contributed by atoms with Crippen molar-refractivity contribution in [3.8, 4) is 11.5 Å². The first kappa shape index (κ1) is 16.2. The Labute approximate surface area is 150 Å². The number of benzene rings is 1. The summed E-state index contributed by atoms with van der Waals surface area (Å²) in [6, 6.07) is 3.94. The summed E-state index contributed by atoms with van der Waals surface area (Å²) >= 11 is 3.62. The molecule has 0 bridgehead atoms. The monoisotopic (exact) mass is 395 g/mol. The lowest BCUT2D eigenvalue weighted by Gasteiger charge is -2.33. The molecule has 1 saturated carbocycles. The summed E-state index contributed by atoms with van der Waals surface area (Å²) < 4.78 is 12.2. The van der Waals surface area contributed by atoms with Crippen LogP contribution in [0, 0.1) is 5.92 Å². The summed E-state index contributed by atoms with van der Waals surface area (Å²) in [5.41, 5.74) is 1.07. The summed E-state index contributed by atoms with van der Waals surface area (Å²) in [5.74, 6) is 1.34. The first-order valence-electron chi connectivity index (χ1n) is 8.70. The zero-order valence-electron chi connectivity index (χ0n) is 13.5. The average Bonchev–Trinajstić information content (AvgIpc) is 2.95. The van der Waals surface area contributed by atoms with Gasteiger partial charge in [0.1, 0.15) is 19.3 Å². The lowest BCUT2D eigenvalue weighted by atomic mass is 9.84. The highest BCUT2D eigenvalue weighted by Gasteiger charge is 2.45. The van der Waals surface area contributed by atoms with Crippen molar-refractivity contribution in [1.29, 1.82) is 0 Å². The molecular formula is C18H22BrNO4. The number of likely N-dealkylation sites (tertiary alicyclic amines) is 1. The van der Waals surface area contributed by atoms with E-state index in [1.807, 2.05) is 12.1 Å². The van der Waals surface area contributed by atoms with Crippen LogP contribution < -0.4 is 9.47 Å². The number of carboxylic acids is 1. The Morgan fingerprint density at radius 1 is 1.21 bits per heavy atom. The van der Waals surface area contributed by atoms with Crippen LogP contribution in [-0.4, -0.2) is 41.3 Å². The number of fused-ring (bicyclic) bond motifs is 2. The van der Waals surface area contributed by atoms with E-state index in [9.17, 15) is 9.90 Å². The van der Waals surface area contributed by atoms with Gasteiger partial charge in [-0.1, -0.05) is 28.8 Å². The number of hydrogen-bond acceptors (Lipinski definition) is 4. The van der Waals surface area contributed by atoms with E-state index in [4.69, 9.17) is 9.47 Å². The molecule has 0 radical (unpaired) electrons. The van der Waals surface area contributed by atoms with Crippen molar-refractivity contribution >= 4 is 21.9 Å². The molecule has 6 heteroatoms. The zero-order valence-corrected chi connectivity index (χ0v) is 15.1. The highest BCUT2D eigenvalue weighted by molar-refractivity contribution is 9.10. The fourth-order valence-electron chi connectivity index (χ4n) is 4.45. The minimum atomic E-state index is -0.696. The minimum Gasteiger partial charge on any atom is -0.486 e. The van der Waals surface area contributed by atoms with Crippen LogP contribution in [0.4, 0.5) is 0 Å². The average molecular weight is 396 g/mol. The third kappa shape index (κ3) is 2.90. The molecule has 3 atom stereocenters. The molecule has 0 aromatic heterocycles. The van der Waals surface area contributed by atoms with Crippen molar-refractivity contribution in [1.82, 2.24) is 4.90 Å². The van der Waals surface area contributed by atoms with Gasteiger partial charge in [-0.3, -0.25) is 9.69 Å². The minimum absolute atomic E-state index is 0.377. The number of halogens is 1. The maximum atomic E-state index is 11.8. The van der Waals surface area contributed by atoms with Gasteiger partial charge < -0.3 is 14.6 Å². The molecule has 3 aliphatic rings. The summed E-state index contributed by atoms with van der Waals surface area (Å²) in [5, 5.41) is 9.67. The van der Waals surface area contributed by atoms with Gasteiger partial charge in [-0.25, -0.2) is 0 Å². The van der Waals surface area contributed by atoms with E-state index in [2.05, 4.69) is 20.8 Å². The normalized spacial score (nSPS) is 29.3. The molecule has 0 unspecified atom stereocenters. The van der Waals surface area contributed by atoms with Crippen molar-refractivity contribution in [2.75, 3.05) is 13.2 Å². The Hall–Kier alpha value is -1.27. The quantitative estimate of drug-likeness (QED) is 0.849. The van der Waals surface area contributed by atoms with Crippen molar-refractivity contribution in [3.05, 3.63) is 22.2 Å². The molecule has 1 N–H and O–H groups in total. The third-order valence-electron chi connectivity index (χ3n) is 5.57. The molecule has 130 valence electrons. The van der Waals surface area contributed by atoms with E-state index in [-0.39, 0.29) is 6.04 Å². The van der Waals surface area contributed by atoms with Gasteiger partial charge in [-0.2, -0.15) is 0 Å². The molecule has 0 spiro atoms. The largest absolute Gasteiger partial charge is 0.486 e. The maximum Gasteiger partial charge on any atom is 0.320 e. The van der Waals surface area contributed by atoms with Gasteiger partial charge in [0.2, 0.25) is 0 Å². The first-order chi connectivity index (χ1) is 11.6. The van der Waals surface area contributed by atoms with Crippen LogP contribution in [0.25, 0.3) is 0 Å². The fraction of sp³-hybridized carbons (Fsp3) is 0.611. The van der Waals surface area contributed by atoms with Gasteiger partial charge in [0.25, 0.3) is 0 Å². The van der Waals surface area contributed by atoms with Crippen LogP contribution in [0.2, 0.25) is 0 Å². The molecule has 1 aliphatic carbocycles. The summed E-state index contributed by atoms with van der Waals surface area (Å²) in [6.45, 7) is 1.76. The molecule has 2 aliphatic heterocycles. The van der Waals surface area contributed by atoms with Crippen molar-refractivity contribution in [3.63, 3.8) is 0 Å². The molecule has 5 nitrogen and oxygen atoms in total. The van der Waals surface area contributed by atoms with Gasteiger partial charge in [-0.05, 0) is 42.9 Å². The summed E-state index contributed by atoms with van der Waals surface area (Å²) in [7, 11) is 0. The SMILES string of the molecule is O=C(O)[C@@H]1C[C@H]2CCCC[C@@H]2N1Cc1cc2c(cc1Br)OCCO2. The molecule has 2 fully saturated rings. The van der Waals surface area contributed by atoms with Crippen LogP contribution in [-0.2, 0) is 11.3 Å². The number of ether oxygens (including phenoxy) is 2. The number of rotatable bonds is 3. The molecule has 2 heterocycles. The second-order valence-electron chi connectivity index (χ2n) is 6.96. The standard InChI is InChI=1S/C18H22BrNO4/c19-13-9-17-16(23-5-6-24-17)8-12(13)10-20-14-4-2-1-3-11(14)7-15(20)18(21)22/h8-9,11,14-15H,1-7,10H2,(H,21,22)/t11-,14+,15+/m1/s1. The van der Waals surface area contributed by atoms with Gasteiger partial charge in [0.15, 0.2) is 11.5 Å². The van der Waals surface area contributed by atoms with Crippen molar-refractivity contribution in [2.24, 2.45) is 5.92 Å². The smallest absolute Gasteiger partial charge is 0.320 e. The summed E-state index contributed by atoms with van der Waals surface area (Å²) in [6.07, 6.45) is 5.48. The highest BCUT2D eigenvalue weighted by atomic mass is 79.9. The van der Waals surface area contributed by atoms with E-state index in [0.29, 0.717) is 31.7 Å². The van der Waals surface area contributed by atoms with Crippen LogP contribution in [0.15, 0.2) is 16.6 Å². The topological polar surface area (TPSA) is 59.0 Å².